The topological polar surface area (TPSA) is 42.7 Å². The van der Waals surface area contributed by atoms with E-state index in [1.165, 1.54) is 12.8 Å². The van der Waals surface area contributed by atoms with Gasteiger partial charge in [-0.15, -0.1) is 10.2 Å². The average molecular weight is 242 g/mol. The molecule has 0 fully saturated rings. The highest BCUT2D eigenvalue weighted by Crippen LogP contribution is 2.17. The van der Waals surface area contributed by atoms with Crippen molar-refractivity contribution in [1.82, 2.24) is 20.1 Å². The quantitative estimate of drug-likeness (QED) is 0.586. The standard InChI is InChI=1S/C11H22N4S/c1-5-12-9(2)7-6-8-16-11-14-13-10(3)15(11)4/h9,12H,5-8H2,1-4H3. The summed E-state index contributed by atoms with van der Waals surface area (Å²) in [4.78, 5) is 0. The number of aryl methyl sites for hydroxylation is 1. The Bertz CT molecular complexity index is 311. The maximum Gasteiger partial charge on any atom is 0.190 e. The molecule has 5 heteroatoms. The summed E-state index contributed by atoms with van der Waals surface area (Å²) in [5.74, 6) is 2.09. The Morgan fingerprint density at radius 1 is 1.44 bits per heavy atom. The van der Waals surface area contributed by atoms with E-state index in [4.69, 9.17) is 0 Å². The van der Waals surface area contributed by atoms with Crippen molar-refractivity contribution in [1.29, 1.82) is 0 Å². The highest BCUT2D eigenvalue weighted by molar-refractivity contribution is 7.99. The molecule has 0 bridgehead atoms. The molecular formula is C11H22N4S. The van der Waals surface area contributed by atoms with Gasteiger partial charge >= 0.3 is 0 Å². The molecule has 0 aromatic carbocycles. The average Bonchev–Trinajstić information content (AvgIpc) is 2.56. The van der Waals surface area contributed by atoms with Crippen LogP contribution in [0.15, 0.2) is 5.16 Å². The maximum absolute atomic E-state index is 4.13. The van der Waals surface area contributed by atoms with Crippen molar-refractivity contribution in [2.24, 2.45) is 7.05 Å². The normalized spacial score (nSPS) is 13.0. The first-order valence-corrected chi connectivity index (χ1v) is 6.85. The van der Waals surface area contributed by atoms with Gasteiger partial charge in [0.15, 0.2) is 5.16 Å². The number of nitrogens with zero attached hydrogens (tertiary/aromatic N) is 3. The highest BCUT2D eigenvalue weighted by atomic mass is 32.2. The lowest BCUT2D eigenvalue weighted by Gasteiger charge is -2.11. The second kappa shape index (κ2) is 6.91. The SMILES string of the molecule is CCNC(C)CCCSc1nnc(C)n1C. The second-order valence-corrected chi connectivity index (χ2v) is 5.10. The number of hydrogen-bond acceptors (Lipinski definition) is 4. The largest absolute Gasteiger partial charge is 0.315 e. The van der Waals surface area contributed by atoms with Gasteiger partial charge in [-0.25, -0.2) is 0 Å². The van der Waals surface area contributed by atoms with Crippen LogP contribution < -0.4 is 5.32 Å². The number of thioether (sulfide) groups is 1. The van der Waals surface area contributed by atoms with Crippen LogP contribution in [0.1, 0.15) is 32.5 Å². The molecule has 16 heavy (non-hydrogen) atoms. The summed E-state index contributed by atoms with van der Waals surface area (Å²) in [6, 6.07) is 0.617. The summed E-state index contributed by atoms with van der Waals surface area (Å²) in [7, 11) is 2.01. The van der Waals surface area contributed by atoms with Crippen molar-refractivity contribution in [3.05, 3.63) is 5.82 Å². The molecule has 4 nitrogen and oxygen atoms in total. The minimum Gasteiger partial charge on any atom is -0.315 e. The molecule has 0 saturated heterocycles. The first kappa shape index (κ1) is 13.5. The molecule has 0 aliphatic carbocycles. The van der Waals surface area contributed by atoms with Crippen LogP contribution in [0.5, 0.6) is 0 Å². The summed E-state index contributed by atoms with van der Waals surface area (Å²) in [6.07, 6.45) is 2.43. The van der Waals surface area contributed by atoms with Crippen LogP contribution >= 0.6 is 11.8 Å². The maximum atomic E-state index is 4.13. The third kappa shape index (κ3) is 4.14. The number of aromatic nitrogens is 3. The first-order chi connectivity index (χ1) is 7.65. The molecular weight excluding hydrogens is 220 g/mol. The number of hydrogen-bond donors (Lipinski definition) is 1. The van der Waals surface area contributed by atoms with Gasteiger partial charge in [0.05, 0.1) is 0 Å². The van der Waals surface area contributed by atoms with Crippen LogP contribution in [0, 0.1) is 6.92 Å². The van der Waals surface area contributed by atoms with Crippen molar-refractivity contribution in [2.75, 3.05) is 12.3 Å². The molecule has 0 aliphatic rings. The van der Waals surface area contributed by atoms with E-state index in [0.29, 0.717) is 6.04 Å². The van der Waals surface area contributed by atoms with Crippen molar-refractivity contribution in [3.63, 3.8) is 0 Å². The Morgan fingerprint density at radius 3 is 2.75 bits per heavy atom. The molecule has 1 N–H and O–H groups in total. The zero-order valence-corrected chi connectivity index (χ0v) is 11.5. The smallest absolute Gasteiger partial charge is 0.190 e. The fourth-order valence-corrected chi connectivity index (χ4v) is 2.43. The number of nitrogens with one attached hydrogen (secondary N) is 1. The lowest BCUT2D eigenvalue weighted by molar-refractivity contribution is 0.526. The molecule has 0 spiro atoms. The van der Waals surface area contributed by atoms with Crippen LogP contribution in [-0.2, 0) is 7.05 Å². The van der Waals surface area contributed by atoms with E-state index in [1.807, 2.05) is 18.5 Å². The number of rotatable bonds is 7. The molecule has 1 unspecified atom stereocenters. The Kier molecular flexibility index (Phi) is 5.84. The van der Waals surface area contributed by atoms with Crippen LogP contribution in [-0.4, -0.2) is 33.1 Å². The summed E-state index contributed by atoms with van der Waals surface area (Å²) in [5.41, 5.74) is 0. The molecule has 92 valence electrons. The Hall–Kier alpha value is -0.550. The van der Waals surface area contributed by atoms with Crippen LogP contribution in [0.3, 0.4) is 0 Å². The van der Waals surface area contributed by atoms with Gasteiger partial charge in [-0.1, -0.05) is 18.7 Å². The van der Waals surface area contributed by atoms with Gasteiger partial charge in [0.25, 0.3) is 0 Å². The molecule has 1 rings (SSSR count). The summed E-state index contributed by atoms with van der Waals surface area (Å²) >= 11 is 1.79. The van der Waals surface area contributed by atoms with E-state index in [2.05, 4.69) is 29.4 Å². The van der Waals surface area contributed by atoms with Gasteiger partial charge in [-0.05, 0) is 33.2 Å². The minimum atomic E-state index is 0.617. The zero-order chi connectivity index (χ0) is 12.0. The first-order valence-electron chi connectivity index (χ1n) is 5.87. The van der Waals surface area contributed by atoms with E-state index in [9.17, 15) is 0 Å². The summed E-state index contributed by atoms with van der Waals surface area (Å²) in [6.45, 7) is 7.41. The molecule has 1 atom stereocenters. The molecule has 0 radical (unpaired) electrons. The predicted molar refractivity (Wildman–Crippen MR) is 68.8 cm³/mol. The van der Waals surface area contributed by atoms with Crippen molar-refractivity contribution in [2.45, 2.75) is 44.8 Å². The van der Waals surface area contributed by atoms with Crippen LogP contribution in [0.25, 0.3) is 0 Å². The fourth-order valence-electron chi connectivity index (χ4n) is 1.52. The highest BCUT2D eigenvalue weighted by Gasteiger charge is 2.05. The van der Waals surface area contributed by atoms with Gasteiger partial charge in [-0.2, -0.15) is 0 Å². The van der Waals surface area contributed by atoms with Crippen molar-refractivity contribution >= 4 is 11.8 Å². The third-order valence-electron chi connectivity index (χ3n) is 2.62. The van der Waals surface area contributed by atoms with Crippen molar-refractivity contribution < 1.29 is 0 Å². The minimum absolute atomic E-state index is 0.617. The molecule has 1 heterocycles. The Labute approximate surface area is 102 Å². The van der Waals surface area contributed by atoms with Gasteiger partial charge in [0.2, 0.25) is 0 Å². The van der Waals surface area contributed by atoms with Crippen LogP contribution in [0.4, 0.5) is 0 Å². The molecule has 1 aromatic rings. The molecule has 1 aromatic heterocycles. The van der Waals surface area contributed by atoms with Gasteiger partial charge in [0.1, 0.15) is 5.82 Å². The Morgan fingerprint density at radius 2 is 2.19 bits per heavy atom. The van der Waals surface area contributed by atoms with Crippen molar-refractivity contribution in [3.8, 4) is 0 Å². The van der Waals surface area contributed by atoms with E-state index >= 15 is 0 Å². The van der Waals surface area contributed by atoms with Gasteiger partial charge in [0, 0.05) is 18.8 Å². The fraction of sp³-hybridized carbons (Fsp3) is 0.818. The van der Waals surface area contributed by atoms with E-state index in [1.54, 1.807) is 11.8 Å². The molecule has 0 aliphatic heterocycles. The zero-order valence-electron chi connectivity index (χ0n) is 10.7. The predicted octanol–water partition coefficient (Wildman–Crippen LogP) is 1.99. The van der Waals surface area contributed by atoms with E-state index in [0.717, 1.165) is 23.3 Å². The monoisotopic (exact) mass is 242 g/mol. The third-order valence-corrected chi connectivity index (χ3v) is 3.72. The lowest BCUT2D eigenvalue weighted by atomic mass is 10.2. The summed E-state index contributed by atoms with van der Waals surface area (Å²) < 4.78 is 2.04. The lowest BCUT2D eigenvalue weighted by Crippen LogP contribution is -2.25. The second-order valence-electron chi connectivity index (χ2n) is 4.04. The Balaban J connectivity index is 2.18. The van der Waals surface area contributed by atoms with E-state index < -0.39 is 0 Å². The molecule has 0 amide bonds. The van der Waals surface area contributed by atoms with E-state index in [-0.39, 0.29) is 0 Å². The molecule has 0 saturated carbocycles. The summed E-state index contributed by atoms with van der Waals surface area (Å²) in [5, 5.41) is 12.6. The van der Waals surface area contributed by atoms with Gasteiger partial charge in [-0.3, -0.25) is 0 Å². The van der Waals surface area contributed by atoms with Crippen LogP contribution in [0.2, 0.25) is 0 Å². The van der Waals surface area contributed by atoms with Gasteiger partial charge < -0.3 is 9.88 Å².